The maximum atomic E-state index is 10.7. The van der Waals surface area contributed by atoms with Crippen molar-refractivity contribution in [2.45, 2.75) is 0 Å². The number of ether oxygens (including phenoxy) is 1. The number of carbonyl (C=O) groups is 1. The molecule has 0 spiro atoms. The van der Waals surface area contributed by atoms with Gasteiger partial charge in [-0.25, -0.2) is 10.3 Å². The van der Waals surface area contributed by atoms with E-state index in [9.17, 15) is 4.79 Å². The molecular weight excluding hydrogens is 186 g/mol. The fourth-order valence-corrected chi connectivity index (χ4v) is 0.976. The Labute approximate surface area is 80.9 Å². The van der Waals surface area contributed by atoms with Gasteiger partial charge in [0, 0.05) is 0 Å². The number of nitrogens with one attached hydrogen (secondary N) is 1. The number of benzene rings is 1. The van der Waals surface area contributed by atoms with Gasteiger partial charge < -0.3 is 15.1 Å². The zero-order valence-corrected chi connectivity index (χ0v) is 7.43. The van der Waals surface area contributed by atoms with Gasteiger partial charge in [0.25, 0.3) is 0 Å². The lowest BCUT2D eigenvalue weighted by molar-refractivity contribution is 0.0691. The number of hydrogen-bond acceptors (Lipinski definition) is 4. The molecule has 5 heteroatoms. The number of hydrogen-bond donors (Lipinski definition) is 3. The zero-order chi connectivity index (χ0) is 10.4. The molecule has 0 unspecified atom stereocenters. The molecule has 76 valence electrons. The average Bonchev–Trinajstić information content (AvgIpc) is 2.19. The zero-order valence-electron chi connectivity index (χ0n) is 7.43. The predicted molar refractivity (Wildman–Crippen MR) is 48.7 cm³/mol. The largest absolute Gasteiger partial charge is 0.491 e. The Kier molecular flexibility index (Phi) is 3.90. The fourth-order valence-electron chi connectivity index (χ4n) is 0.976. The Morgan fingerprint density at radius 1 is 1.43 bits per heavy atom. The molecule has 0 saturated heterocycles. The molecule has 0 bridgehead atoms. The van der Waals surface area contributed by atoms with Crippen LogP contribution in [-0.4, -0.2) is 29.4 Å². The molecule has 0 aliphatic carbocycles. The molecule has 5 nitrogen and oxygen atoms in total. The summed E-state index contributed by atoms with van der Waals surface area (Å²) < 4.78 is 5.14. The number of carboxylic acid groups (broad SMARTS) is 1. The minimum absolute atomic E-state index is 0.116. The third kappa shape index (κ3) is 2.72. The molecule has 0 saturated carbocycles. The molecule has 0 amide bonds. The Morgan fingerprint density at radius 3 is 2.79 bits per heavy atom. The van der Waals surface area contributed by atoms with Crippen LogP contribution in [0.3, 0.4) is 0 Å². The molecule has 0 aliphatic rings. The van der Waals surface area contributed by atoms with Gasteiger partial charge >= 0.3 is 5.97 Å². The Bertz CT molecular complexity index is 313. The van der Waals surface area contributed by atoms with E-state index in [-0.39, 0.29) is 18.7 Å². The summed E-state index contributed by atoms with van der Waals surface area (Å²) in [5, 5.41) is 17.1. The van der Waals surface area contributed by atoms with Gasteiger partial charge in [-0.3, -0.25) is 0 Å². The van der Waals surface area contributed by atoms with Gasteiger partial charge in [0.15, 0.2) is 0 Å². The molecule has 1 aromatic rings. The molecule has 0 atom stereocenters. The lowest BCUT2D eigenvalue weighted by Gasteiger charge is -2.07. The Balaban J connectivity index is 2.69. The number of carboxylic acids is 1. The second-order valence-corrected chi connectivity index (χ2v) is 2.56. The van der Waals surface area contributed by atoms with Crippen LogP contribution in [-0.2, 0) is 0 Å². The minimum Gasteiger partial charge on any atom is -0.491 e. The van der Waals surface area contributed by atoms with E-state index < -0.39 is 5.97 Å². The van der Waals surface area contributed by atoms with Crippen molar-refractivity contribution in [2.75, 3.05) is 13.2 Å². The molecule has 0 radical (unpaired) electrons. The molecule has 0 heterocycles. The molecule has 3 N–H and O–H groups in total. The summed E-state index contributed by atoms with van der Waals surface area (Å²) in [5.74, 6) is -0.729. The first-order valence-corrected chi connectivity index (χ1v) is 4.08. The first kappa shape index (κ1) is 10.5. The number of rotatable bonds is 5. The highest BCUT2D eigenvalue weighted by Gasteiger charge is 2.09. The third-order valence-corrected chi connectivity index (χ3v) is 1.59. The summed E-state index contributed by atoms with van der Waals surface area (Å²) in [6.07, 6.45) is 0. The maximum absolute atomic E-state index is 10.7. The van der Waals surface area contributed by atoms with Crippen LogP contribution in [0.2, 0.25) is 0 Å². The second kappa shape index (κ2) is 5.21. The van der Waals surface area contributed by atoms with Gasteiger partial charge in [-0.15, -0.1) is 0 Å². The highest BCUT2D eigenvalue weighted by atomic mass is 16.5. The standard InChI is InChI=1S/C9H11NO4/c11-9(12)7-3-1-2-4-8(7)14-6-5-10-13/h1-4,10,13H,5-6H2,(H,11,12). The quantitative estimate of drug-likeness (QED) is 0.479. The van der Waals surface area contributed by atoms with E-state index in [0.717, 1.165) is 0 Å². The lowest BCUT2D eigenvalue weighted by atomic mass is 10.2. The van der Waals surface area contributed by atoms with Crippen LogP contribution in [0.15, 0.2) is 24.3 Å². The molecule has 0 aliphatic heterocycles. The second-order valence-electron chi connectivity index (χ2n) is 2.56. The van der Waals surface area contributed by atoms with Crippen molar-refractivity contribution in [1.29, 1.82) is 0 Å². The van der Waals surface area contributed by atoms with Crippen LogP contribution in [0.1, 0.15) is 10.4 Å². The van der Waals surface area contributed by atoms with Gasteiger partial charge in [-0.2, -0.15) is 0 Å². The molecule has 1 rings (SSSR count). The van der Waals surface area contributed by atoms with Crippen LogP contribution in [0.4, 0.5) is 0 Å². The maximum Gasteiger partial charge on any atom is 0.339 e. The van der Waals surface area contributed by atoms with Crippen LogP contribution in [0.25, 0.3) is 0 Å². The van der Waals surface area contributed by atoms with Gasteiger partial charge in [0.2, 0.25) is 0 Å². The first-order chi connectivity index (χ1) is 6.75. The van der Waals surface area contributed by atoms with E-state index in [1.807, 2.05) is 5.48 Å². The monoisotopic (exact) mass is 197 g/mol. The van der Waals surface area contributed by atoms with Gasteiger partial charge in [0.05, 0.1) is 6.54 Å². The minimum atomic E-state index is -1.03. The Hall–Kier alpha value is -1.59. The highest BCUT2D eigenvalue weighted by Crippen LogP contribution is 2.17. The number of aromatic carboxylic acids is 1. The SMILES string of the molecule is O=C(O)c1ccccc1OCCNO. The lowest BCUT2D eigenvalue weighted by Crippen LogP contribution is -2.17. The van der Waals surface area contributed by atoms with E-state index in [4.69, 9.17) is 15.1 Å². The van der Waals surface area contributed by atoms with Crippen molar-refractivity contribution < 1.29 is 19.8 Å². The topological polar surface area (TPSA) is 78.8 Å². The number of hydroxylamine groups is 1. The van der Waals surface area contributed by atoms with Crippen molar-refractivity contribution >= 4 is 5.97 Å². The molecule has 14 heavy (non-hydrogen) atoms. The summed E-state index contributed by atoms with van der Waals surface area (Å²) in [6.45, 7) is 0.453. The summed E-state index contributed by atoms with van der Waals surface area (Å²) in [7, 11) is 0. The average molecular weight is 197 g/mol. The fraction of sp³-hybridized carbons (Fsp3) is 0.222. The van der Waals surface area contributed by atoms with Crippen LogP contribution < -0.4 is 10.2 Å². The van der Waals surface area contributed by atoms with E-state index in [1.54, 1.807) is 18.2 Å². The van der Waals surface area contributed by atoms with Crippen LogP contribution in [0.5, 0.6) is 5.75 Å². The third-order valence-electron chi connectivity index (χ3n) is 1.59. The van der Waals surface area contributed by atoms with Crippen molar-refractivity contribution in [3.05, 3.63) is 29.8 Å². The van der Waals surface area contributed by atoms with Crippen molar-refractivity contribution in [3.8, 4) is 5.75 Å². The smallest absolute Gasteiger partial charge is 0.339 e. The normalized spacial score (nSPS) is 9.79. The summed E-state index contributed by atoms with van der Waals surface area (Å²) in [4.78, 5) is 10.7. The van der Waals surface area contributed by atoms with Gasteiger partial charge in [0.1, 0.15) is 17.9 Å². The van der Waals surface area contributed by atoms with Crippen LogP contribution in [0, 0.1) is 0 Å². The molecule has 0 fully saturated rings. The van der Waals surface area contributed by atoms with Crippen molar-refractivity contribution in [3.63, 3.8) is 0 Å². The van der Waals surface area contributed by atoms with E-state index >= 15 is 0 Å². The van der Waals surface area contributed by atoms with Crippen molar-refractivity contribution in [2.24, 2.45) is 0 Å². The first-order valence-electron chi connectivity index (χ1n) is 4.08. The Morgan fingerprint density at radius 2 is 2.14 bits per heavy atom. The molecular formula is C9H11NO4. The predicted octanol–water partition coefficient (Wildman–Crippen LogP) is 0.742. The van der Waals surface area contributed by atoms with Gasteiger partial charge in [-0.05, 0) is 12.1 Å². The van der Waals surface area contributed by atoms with Crippen molar-refractivity contribution in [1.82, 2.24) is 5.48 Å². The molecule has 1 aromatic carbocycles. The van der Waals surface area contributed by atoms with E-state index in [1.165, 1.54) is 6.07 Å². The summed E-state index contributed by atoms with van der Waals surface area (Å²) in [6, 6.07) is 6.35. The summed E-state index contributed by atoms with van der Waals surface area (Å²) >= 11 is 0. The van der Waals surface area contributed by atoms with E-state index in [0.29, 0.717) is 5.75 Å². The molecule has 0 aromatic heterocycles. The van der Waals surface area contributed by atoms with Crippen LogP contribution >= 0.6 is 0 Å². The summed E-state index contributed by atoms with van der Waals surface area (Å²) in [5.41, 5.74) is 2.03. The highest BCUT2D eigenvalue weighted by molar-refractivity contribution is 5.90. The van der Waals surface area contributed by atoms with Gasteiger partial charge in [-0.1, -0.05) is 12.1 Å². The van der Waals surface area contributed by atoms with E-state index in [2.05, 4.69) is 0 Å². The number of para-hydroxylation sites is 1.